The van der Waals surface area contributed by atoms with Crippen LogP contribution in [0.25, 0.3) is 0 Å². The van der Waals surface area contributed by atoms with E-state index in [0.717, 1.165) is 35.5 Å². The van der Waals surface area contributed by atoms with Crippen molar-refractivity contribution in [3.63, 3.8) is 0 Å². The number of aromatic amines is 1. The second-order valence-electron chi connectivity index (χ2n) is 4.66. The minimum absolute atomic E-state index is 0.468. The van der Waals surface area contributed by atoms with E-state index in [1.54, 1.807) is 17.7 Å². The summed E-state index contributed by atoms with van der Waals surface area (Å²) in [6.45, 7) is 5.04. The van der Waals surface area contributed by atoms with Crippen LogP contribution < -0.4 is 0 Å². The summed E-state index contributed by atoms with van der Waals surface area (Å²) in [6, 6.07) is 0. The fourth-order valence-electron chi connectivity index (χ4n) is 2.43. The van der Waals surface area contributed by atoms with Gasteiger partial charge in [0.1, 0.15) is 22.2 Å². The first-order valence-electron chi connectivity index (χ1n) is 6.18. The molecule has 0 radical (unpaired) electrons. The molecule has 0 aliphatic carbocycles. The number of likely N-dealkylation sites (tertiary alicyclic amines) is 1. The lowest BCUT2D eigenvalue weighted by Gasteiger charge is -2.30. The summed E-state index contributed by atoms with van der Waals surface area (Å²) in [4.78, 5) is 6.69. The van der Waals surface area contributed by atoms with Crippen LogP contribution in [0, 0.1) is 6.92 Å². The zero-order chi connectivity index (χ0) is 12.4. The molecule has 3 heterocycles. The van der Waals surface area contributed by atoms with Gasteiger partial charge < -0.3 is 0 Å². The predicted molar refractivity (Wildman–Crippen MR) is 68.3 cm³/mol. The fraction of sp³-hybridized carbons (Fsp3) is 0.636. The number of piperidine rings is 1. The lowest BCUT2D eigenvalue weighted by molar-refractivity contribution is 0.196. The number of rotatable bonds is 3. The van der Waals surface area contributed by atoms with Gasteiger partial charge in [0, 0.05) is 12.5 Å². The SMILES string of the molecule is Cc1nnc(CN2CCCC(c3ncn[nH]3)C2)s1. The van der Waals surface area contributed by atoms with E-state index < -0.39 is 0 Å². The van der Waals surface area contributed by atoms with Gasteiger partial charge in [-0.3, -0.25) is 10.00 Å². The van der Waals surface area contributed by atoms with E-state index in [1.165, 1.54) is 12.8 Å². The summed E-state index contributed by atoms with van der Waals surface area (Å²) in [6.07, 6.45) is 3.96. The van der Waals surface area contributed by atoms with Crippen molar-refractivity contribution < 1.29 is 0 Å². The molecule has 0 saturated carbocycles. The summed E-state index contributed by atoms with van der Waals surface area (Å²) in [5.74, 6) is 1.48. The lowest BCUT2D eigenvalue weighted by atomic mass is 9.97. The molecule has 7 heteroatoms. The Labute approximate surface area is 109 Å². The van der Waals surface area contributed by atoms with Crippen molar-refractivity contribution in [3.8, 4) is 0 Å². The normalized spacial score (nSPS) is 21.3. The first-order valence-corrected chi connectivity index (χ1v) is 6.99. The van der Waals surface area contributed by atoms with Crippen LogP contribution in [0.3, 0.4) is 0 Å². The van der Waals surface area contributed by atoms with Crippen LogP contribution in [0.2, 0.25) is 0 Å². The minimum Gasteiger partial charge on any atom is -0.296 e. The molecule has 1 fully saturated rings. The number of hydrogen-bond acceptors (Lipinski definition) is 6. The van der Waals surface area contributed by atoms with Crippen LogP contribution in [0.5, 0.6) is 0 Å². The van der Waals surface area contributed by atoms with Gasteiger partial charge in [-0.1, -0.05) is 0 Å². The molecule has 2 aromatic heterocycles. The van der Waals surface area contributed by atoms with Gasteiger partial charge in [0.05, 0.1) is 6.54 Å². The second kappa shape index (κ2) is 5.11. The number of nitrogens with one attached hydrogen (secondary N) is 1. The molecule has 0 aromatic carbocycles. The molecule has 0 spiro atoms. The van der Waals surface area contributed by atoms with E-state index in [9.17, 15) is 0 Å². The Kier molecular flexibility index (Phi) is 3.33. The van der Waals surface area contributed by atoms with Gasteiger partial charge in [-0.15, -0.1) is 21.5 Å². The Morgan fingerprint density at radius 1 is 1.50 bits per heavy atom. The van der Waals surface area contributed by atoms with Crippen LogP contribution in [0.4, 0.5) is 0 Å². The van der Waals surface area contributed by atoms with E-state index in [0.29, 0.717) is 5.92 Å². The van der Waals surface area contributed by atoms with E-state index in [-0.39, 0.29) is 0 Å². The van der Waals surface area contributed by atoms with Gasteiger partial charge in [-0.25, -0.2) is 4.98 Å². The molecule has 0 bridgehead atoms. The molecular weight excluding hydrogens is 248 g/mol. The molecule has 1 N–H and O–H groups in total. The van der Waals surface area contributed by atoms with Crippen LogP contribution in [0.1, 0.15) is 34.6 Å². The zero-order valence-electron chi connectivity index (χ0n) is 10.3. The van der Waals surface area contributed by atoms with E-state index in [1.807, 2.05) is 6.92 Å². The standard InChI is InChI=1S/C11H16N6S/c1-8-14-15-10(18-8)6-17-4-2-3-9(5-17)11-12-7-13-16-11/h7,9H,2-6H2,1H3,(H,12,13,16). The Balaban J connectivity index is 1.63. The summed E-state index contributed by atoms with van der Waals surface area (Å²) in [7, 11) is 0. The van der Waals surface area contributed by atoms with Crippen LogP contribution in [-0.2, 0) is 6.54 Å². The molecule has 1 unspecified atom stereocenters. The first kappa shape index (κ1) is 11.7. The van der Waals surface area contributed by atoms with Crippen molar-refractivity contribution in [2.45, 2.75) is 32.2 Å². The molecule has 1 aliphatic heterocycles. The fourth-order valence-corrected chi connectivity index (χ4v) is 3.18. The Bertz CT molecular complexity index is 493. The van der Waals surface area contributed by atoms with Gasteiger partial charge in [0.15, 0.2) is 0 Å². The highest BCUT2D eigenvalue weighted by Crippen LogP contribution is 2.25. The van der Waals surface area contributed by atoms with E-state index in [2.05, 4.69) is 30.3 Å². The van der Waals surface area contributed by atoms with E-state index >= 15 is 0 Å². The lowest BCUT2D eigenvalue weighted by Crippen LogP contribution is -2.34. The first-order chi connectivity index (χ1) is 8.81. The van der Waals surface area contributed by atoms with Gasteiger partial charge in [0.25, 0.3) is 0 Å². The molecule has 1 aliphatic rings. The molecule has 1 saturated heterocycles. The van der Waals surface area contributed by atoms with Crippen LogP contribution in [-0.4, -0.2) is 43.4 Å². The minimum atomic E-state index is 0.468. The number of nitrogens with zero attached hydrogens (tertiary/aromatic N) is 5. The van der Waals surface area contributed by atoms with Crippen molar-refractivity contribution >= 4 is 11.3 Å². The average molecular weight is 264 g/mol. The summed E-state index contributed by atoms with van der Waals surface area (Å²) >= 11 is 1.68. The molecule has 3 rings (SSSR count). The molecular formula is C11H16N6S. The van der Waals surface area contributed by atoms with Gasteiger partial charge in [0.2, 0.25) is 0 Å². The Hall–Kier alpha value is -1.34. The number of hydrogen-bond donors (Lipinski definition) is 1. The van der Waals surface area contributed by atoms with Gasteiger partial charge >= 0.3 is 0 Å². The van der Waals surface area contributed by atoms with Gasteiger partial charge in [-0.2, -0.15) is 5.10 Å². The summed E-state index contributed by atoms with van der Waals surface area (Å²) < 4.78 is 0. The summed E-state index contributed by atoms with van der Waals surface area (Å²) in [5.41, 5.74) is 0. The third kappa shape index (κ3) is 2.56. The highest BCUT2D eigenvalue weighted by atomic mass is 32.1. The smallest absolute Gasteiger partial charge is 0.137 e. The molecule has 2 aromatic rings. The maximum Gasteiger partial charge on any atom is 0.137 e. The van der Waals surface area contributed by atoms with Crippen molar-refractivity contribution in [1.82, 2.24) is 30.3 Å². The highest BCUT2D eigenvalue weighted by Gasteiger charge is 2.23. The molecule has 96 valence electrons. The molecule has 0 amide bonds. The third-order valence-electron chi connectivity index (χ3n) is 3.25. The van der Waals surface area contributed by atoms with Crippen LogP contribution >= 0.6 is 11.3 Å². The maximum absolute atomic E-state index is 4.27. The second-order valence-corrected chi connectivity index (χ2v) is 5.93. The van der Waals surface area contributed by atoms with Crippen molar-refractivity contribution in [3.05, 3.63) is 22.2 Å². The zero-order valence-corrected chi connectivity index (χ0v) is 11.2. The van der Waals surface area contributed by atoms with Crippen molar-refractivity contribution in [2.24, 2.45) is 0 Å². The molecule has 1 atom stereocenters. The number of H-pyrrole nitrogens is 1. The van der Waals surface area contributed by atoms with Gasteiger partial charge in [-0.05, 0) is 26.3 Å². The third-order valence-corrected chi connectivity index (χ3v) is 4.08. The average Bonchev–Trinajstić information content (AvgIpc) is 3.01. The Morgan fingerprint density at radius 2 is 2.44 bits per heavy atom. The number of aryl methyl sites for hydroxylation is 1. The number of aromatic nitrogens is 5. The molecule has 6 nitrogen and oxygen atoms in total. The van der Waals surface area contributed by atoms with Crippen molar-refractivity contribution in [1.29, 1.82) is 0 Å². The van der Waals surface area contributed by atoms with Crippen molar-refractivity contribution in [2.75, 3.05) is 13.1 Å². The topological polar surface area (TPSA) is 70.6 Å². The predicted octanol–water partition coefficient (Wildman–Crippen LogP) is 1.34. The Morgan fingerprint density at radius 3 is 3.17 bits per heavy atom. The quantitative estimate of drug-likeness (QED) is 0.906. The maximum atomic E-state index is 4.27. The summed E-state index contributed by atoms with van der Waals surface area (Å²) in [5, 5.41) is 17.3. The van der Waals surface area contributed by atoms with Crippen LogP contribution in [0.15, 0.2) is 6.33 Å². The molecule has 18 heavy (non-hydrogen) atoms. The van der Waals surface area contributed by atoms with E-state index in [4.69, 9.17) is 0 Å². The monoisotopic (exact) mass is 264 g/mol. The largest absolute Gasteiger partial charge is 0.296 e. The highest BCUT2D eigenvalue weighted by molar-refractivity contribution is 7.11.